The fraction of sp³-hybridized carbons (Fsp3) is 0.706. The smallest absolute Gasteiger partial charge is 0.303 e. The molecule has 1 amide bonds. The number of carbonyl (C=O) groups excluding carboxylic acids is 5. The van der Waals surface area contributed by atoms with Gasteiger partial charge in [0.1, 0.15) is 24.4 Å². The Morgan fingerprint density at radius 1 is 0.893 bits per heavy atom. The van der Waals surface area contributed by atoms with Gasteiger partial charge in [-0.05, 0) is 0 Å². The Hall–Kier alpha value is -2.69. The minimum Gasteiger partial charge on any atom is -0.463 e. The molecule has 0 aromatic carbocycles. The van der Waals surface area contributed by atoms with Gasteiger partial charge in [0.25, 0.3) is 0 Å². The van der Waals surface area contributed by atoms with Gasteiger partial charge in [-0.2, -0.15) is 0 Å². The van der Waals surface area contributed by atoms with Gasteiger partial charge >= 0.3 is 23.9 Å². The lowest BCUT2D eigenvalue weighted by Gasteiger charge is -2.48. The number of carbonyl (C=O) groups is 5. The summed E-state index contributed by atoms with van der Waals surface area (Å²) in [5.74, 6) is -3.58. The molecule has 0 heterocycles. The van der Waals surface area contributed by atoms with Crippen molar-refractivity contribution in [3.8, 4) is 0 Å². The Balaban J connectivity index is 3.44. The number of aliphatic hydroxyl groups is 1. The number of esters is 4. The van der Waals surface area contributed by atoms with Crippen LogP contribution in [-0.2, 0) is 42.9 Å². The maximum atomic E-state index is 11.6. The molecule has 5 atom stereocenters. The first-order valence-electron chi connectivity index (χ1n) is 8.50. The van der Waals surface area contributed by atoms with E-state index in [2.05, 4.69) is 5.32 Å². The SMILES string of the molecule is CC(=O)N[C@@H]1[C@@H](OC(C)=O)[C@H](OC(C)=O)[C@@](O)(COC(C)=O)C[C@H]1OC(C)=O. The molecule has 0 radical (unpaired) electrons. The first kappa shape index (κ1) is 23.3. The predicted octanol–water partition coefficient (Wildman–Crippen LogP) is -1.02. The van der Waals surface area contributed by atoms with E-state index in [1.807, 2.05) is 0 Å². The predicted molar refractivity (Wildman–Crippen MR) is 90.5 cm³/mol. The van der Waals surface area contributed by atoms with Crippen molar-refractivity contribution in [3.05, 3.63) is 0 Å². The fourth-order valence-electron chi connectivity index (χ4n) is 3.09. The normalized spacial score (nSPS) is 29.2. The van der Waals surface area contributed by atoms with Crippen molar-refractivity contribution in [2.45, 2.75) is 71.0 Å². The molecular formula is C17H25NO10. The highest BCUT2D eigenvalue weighted by molar-refractivity contribution is 5.74. The lowest BCUT2D eigenvalue weighted by molar-refractivity contribution is -0.233. The van der Waals surface area contributed by atoms with Crippen molar-refractivity contribution >= 4 is 29.8 Å². The van der Waals surface area contributed by atoms with Crippen LogP contribution in [0.25, 0.3) is 0 Å². The summed E-state index contributed by atoms with van der Waals surface area (Å²) in [5, 5.41) is 13.6. The number of nitrogens with one attached hydrogen (secondary N) is 1. The lowest BCUT2D eigenvalue weighted by Crippen LogP contribution is -2.70. The van der Waals surface area contributed by atoms with Crippen LogP contribution in [0.15, 0.2) is 0 Å². The molecule has 0 aliphatic heterocycles. The van der Waals surface area contributed by atoms with Crippen LogP contribution >= 0.6 is 0 Å². The van der Waals surface area contributed by atoms with E-state index in [1.54, 1.807) is 0 Å². The molecule has 0 saturated heterocycles. The standard InChI is InChI=1S/C17H25NO10/c1-8(19)18-14-13(26-10(3)21)6-17(24,7-25-9(2)20)16(28-12(5)23)15(14)27-11(4)22/h13-16,24H,6-7H2,1-5H3,(H,18,19)/t13-,14+,15-,16+,17+/m1/s1. The third kappa shape index (κ3) is 6.48. The Morgan fingerprint density at radius 3 is 1.86 bits per heavy atom. The van der Waals surface area contributed by atoms with Crippen molar-refractivity contribution < 1.29 is 48.0 Å². The van der Waals surface area contributed by atoms with Crippen LogP contribution in [0.1, 0.15) is 41.0 Å². The second kappa shape index (κ2) is 9.49. The average Bonchev–Trinajstić information content (AvgIpc) is 2.51. The number of hydrogen-bond acceptors (Lipinski definition) is 10. The topological polar surface area (TPSA) is 155 Å². The number of amides is 1. The molecule has 1 fully saturated rings. The van der Waals surface area contributed by atoms with Crippen LogP contribution in [0.4, 0.5) is 0 Å². The zero-order valence-corrected chi connectivity index (χ0v) is 16.3. The molecule has 11 nitrogen and oxygen atoms in total. The summed E-state index contributed by atoms with van der Waals surface area (Å²) in [5.41, 5.74) is -2.05. The Bertz CT molecular complexity index is 648. The maximum Gasteiger partial charge on any atom is 0.303 e. The quantitative estimate of drug-likeness (QED) is 0.416. The minimum absolute atomic E-state index is 0.361. The van der Waals surface area contributed by atoms with Crippen molar-refractivity contribution in [3.63, 3.8) is 0 Å². The highest BCUT2D eigenvalue weighted by Crippen LogP contribution is 2.36. The van der Waals surface area contributed by atoms with Gasteiger partial charge in [0.15, 0.2) is 12.2 Å². The highest BCUT2D eigenvalue weighted by Gasteiger charge is 2.58. The monoisotopic (exact) mass is 403 g/mol. The van der Waals surface area contributed by atoms with Gasteiger partial charge in [-0.15, -0.1) is 0 Å². The number of rotatable bonds is 6. The molecule has 0 spiro atoms. The summed E-state index contributed by atoms with van der Waals surface area (Å²) in [6.45, 7) is 4.95. The zero-order chi connectivity index (χ0) is 21.6. The van der Waals surface area contributed by atoms with E-state index in [0.29, 0.717) is 0 Å². The molecule has 2 N–H and O–H groups in total. The van der Waals surface area contributed by atoms with E-state index in [1.165, 1.54) is 6.92 Å². The van der Waals surface area contributed by atoms with Crippen molar-refractivity contribution in [1.29, 1.82) is 0 Å². The summed E-state index contributed by atoms with van der Waals surface area (Å²) in [6.07, 6.45) is -4.43. The second-order valence-electron chi connectivity index (χ2n) is 6.57. The molecule has 158 valence electrons. The van der Waals surface area contributed by atoms with Gasteiger partial charge in [0.05, 0.1) is 0 Å². The van der Waals surface area contributed by atoms with Crippen LogP contribution in [0.5, 0.6) is 0 Å². The summed E-state index contributed by atoms with van der Waals surface area (Å²) in [6, 6.07) is -1.12. The third-order valence-corrected chi connectivity index (χ3v) is 3.94. The van der Waals surface area contributed by atoms with E-state index >= 15 is 0 Å². The molecule has 0 unspecified atom stereocenters. The van der Waals surface area contributed by atoms with Crippen LogP contribution < -0.4 is 5.32 Å². The molecule has 0 aromatic rings. The summed E-state index contributed by atoms with van der Waals surface area (Å²) in [7, 11) is 0. The first-order valence-corrected chi connectivity index (χ1v) is 8.50. The molecule has 1 rings (SSSR count). The Morgan fingerprint density at radius 2 is 1.43 bits per heavy atom. The van der Waals surface area contributed by atoms with Crippen LogP contribution in [-0.4, -0.2) is 71.5 Å². The van der Waals surface area contributed by atoms with Gasteiger partial charge < -0.3 is 29.4 Å². The molecule has 0 bridgehead atoms. The van der Waals surface area contributed by atoms with E-state index in [0.717, 1.165) is 27.7 Å². The summed E-state index contributed by atoms with van der Waals surface area (Å²) >= 11 is 0. The van der Waals surface area contributed by atoms with Crippen molar-refractivity contribution in [2.75, 3.05) is 6.61 Å². The van der Waals surface area contributed by atoms with Crippen LogP contribution in [0, 0.1) is 0 Å². The second-order valence-corrected chi connectivity index (χ2v) is 6.57. The molecule has 1 aliphatic carbocycles. The van der Waals surface area contributed by atoms with E-state index < -0.39 is 66.3 Å². The number of ether oxygens (including phenoxy) is 4. The molecule has 28 heavy (non-hydrogen) atoms. The largest absolute Gasteiger partial charge is 0.463 e. The van der Waals surface area contributed by atoms with Crippen molar-refractivity contribution in [2.24, 2.45) is 0 Å². The Kier molecular flexibility index (Phi) is 7.91. The van der Waals surface area contributed by atoms with E-state index in [-0.39, 0.29) is 6.42 Å². The summed E-state index contributed by atoms with van der Waals surface area (Å²) in [4.78, 5) is 57.6. The Labute approximate surface area is 161 Å². The average molecular weight is 403 g/mol. The van der Waals surface area contributed by atoms with Crippen LogP contribution in [0.2, 0.25) is 0 Å². The zero-order valence-electron chi connectivity index (χ0n) is 16.3. The maximum absolute atomic E-state index is 11.6. The van der Waals surface area contributed by atoms with Crippen molar-refractivity contribution in [1.82, 2.24) is 5.32 Å². The van der Waals surface area contributed by atoms with E-state index in [4.69, 9.17) is 18.9 Å². The molecule has 1 saturated carbocycles. The molecule has 1 aliphatic rings. The van der Waals surface area contributed by atoms with Gasteiger partial charge in [-0.25, -0.2) is 0 Å². The van der Waals surface area contributed by atoms with Gasteiger partial charge in [-0.1, -0.05) is 0 Å². The van der Waals surface area contributed by atoms with Gasteiger partial charge in [-0.3, -0.25) is 24.0 Å². The first-order chi connectivity index (χ1) is 12.9. The fourth-order valence-corrected chi connectivity index (χ4v) is 3.09. The van der Waals surface area contributed by atoms with Gasteiger partial charge in [0, 0.05) is 41.0 Å². The highest BCUT2D eigenvalue weighted by atomic mass is 16.6. The van der Waals surface area contributed by atoms with Crippen LogP contribution in [0.3, 0.4) is 0 Å². The molecule has 0 aromatic heterocycles. The molecular weight excluding hydrogens is 378 g/mol. The minimum atomic E-state index is -2.05. The number of hydrogen-bond donors (Lipinski definition) is 2. The summed E-state index contributed by atoms with van der Waals surface area (Å²) < 4.78 is 20.4. The molecule has 11 heteroatoms. The third-order valence-electron chi connectivity index (χ3n) is 3.94. The lowest BCUT2D eigenvalue weighted by atomic mass is 9.75. The van der Waals surface area contributed by atoms with E-state index in [9.17, 15) is 29.1 Å². The van der Waals surface area contributed by atoms with Gasteiger partial charge in [0.2, 0.25) is 5.91 Å².